The Morgan fingerprint density at radius 3 is 2.55 bits per heavy atom. The van der Waals surface area contributed by atoms with Crippen LogP contribution in [0.3, 0.4) is 0 Å². The zero-order valence-electron chi connectivity index (χ0n) is 23.1. The minimum Gasteiger partial charge on any atom is -0.493 e. The fraction of sp³-hybridized carbons (Fsp3) is 0.312. The fourth-order valence-electron chi connectivity index (χ4n) is 4.61. The van der Waals surface area contributed by atoms with Crippen LogP contribution in [0.1, 0.15) is 66.9 Å². The van der Waals surface area contributed by atoms with E-state index in [0.717, 1.165) is 24.8 Å². The topological polar surface area (TPSA) is 113 Å². The average molecular weight is 543 g/mol. The van der Waals surface area contributed by atoms with Gasteiger partial charge >= 0.3 is 5.97 Å². The Kier molecular flexibility index (Phi) is 9.53. The lowest BCUT2D eigenvalue weighted by Crippen LogP contribution is -2.21. The van der Waals surface area contributed by atoms with E-state index >= 15 is 0 Å². The highest BCUT2D eigenvalue weighted by Crippen LogP contribution is 2.45. The second kappa shape index (κ2) is 13.4. The summed E-state index contributed by atoms with van der Waals surface area (Å²) in [5, 5.41) is 9.95. The molecule has 3 aromatic carbocycles. The van der Waals surface area contributed by atoms with Gasteiger partial charge in [-0.3, -0.25) is 0 Å². The molecule has 2 N–H and O–H groups in total. The van der Waals surface area contributed by atoms with E-state index in [0.29, 0.717) is 47.3 Å². The molecule has 0 spiro atoms. The Morgan fingerprint density at radius 1 is 0.975 bits per heavy atom. The van der Waals surface area contributed by atoms with E-state index < -0.39 is 11.9 Å². The van der Waals surface area contributed by atoms with Crippen molar-refractivity contribution < 1.29 is 28.5 Å². The van der Waals surface area contributed by atoms with Crippen molar-refractivity contribution in [2.45, 2.75) is 45.4 Å². The van der Waals surface area contributed by atoms with Gasteiger partial charge in [0.2, 0.25) is 5.88 Å². The maximum absolute atomic E-state index is 12.9. The van der Waals surface area contributed by atoms with E-state index in [1.54, 1.807) is 49.6 Å². The van der Waals surface area contributed by atoms with Crippen molar-refractivity contribution in [3.05, 3.63) is 88.8 Å². The van der Waals surface area contributed by atoms with E-state index in [4.69, 9.17) is 29.4 Å². The number of unbranched alkanes of at least 4 members (excludes halogenated alkanes) is 3. The van der Waals surface area contributed by atoms with Crippen molar-refractivity contribution in [2.24, 2.45) is 5.73 Å². The van der Waals surface area contributed by atoms with Crippen molar-refractivity contribution >= 4 is 5.97 Å². The molecule has 1 heterocycles. The Balaban J connectivity index is 1.61. The van der Waals surface area contributed by atoms with Crippen LogP contribution in [-0.4, -0.2) is 26.3 Å². The number of allylic oxidation sites excluding steroid dienone is 1. The Labute approximate surface area is 234 Å². The molecule has 0 aromatic heterocycles. The molecule has 1 atom stereocenters. The number of nitrogens with two attached hydrogens (primary N) is 1. The molecule has 3 aromatic rings. The number of rotatable bonds is 12. The van der Waals surface area contributed by atoms with Crippen molar-refractivity contribution in [2.75, 3.05) is 20.3 Å². The van der Waals surface area contributed by atoms with Gasteiger partial charge in [0.05, 0.1) is 26.2 Å². The number of benzene rings is 3. The van der Waals surface area contributed by atoms with Gasteiger partial charge in [-0.15, -0.1) is 0 Å². The maximum Gasteiger partial charge on any atom is 0.347 e. The van der Waals surface area contributed by atoms with Crippen molar-refractivity contribution in [3.63, 3.8) is 0 Å². The van der Waals surface area contributed by atoms with Crippen LogP contribution >= 0.6 is 0 Å². The van der Waals surface area contributed by atoms with Gasteiger partial charge in [-0.1, -0.05) is 50.5 Å². The van der Waals surface area contributed by atoms with Gasteiger partial charge in [-0.25, -0.2) is 4.79 Å². The molecule has 0 saturated heterocycles. The van der Waals surface area contributed by atoms with E-state index in [1.165, 1.54) is 6.42 Å². The molecule has 40 heavy (non-hydrogen) atoms. The summed E-state index contributed by atoms with van der Waals surface area (Å²) in [5.74, 6) is 1.22. The molecular weight excluding hydrogens is 508 g/mol. The third kappa shape index (κ3) is 6.32. The standard InChI is InChI=1S/C32H34N2O6/c1-4-6-7-10-17-38-27-16-13-21(18-29(27)36-3)30-23-15-14-22(19-28(23)40-31(34)25(30)20-33)39-32(35)24-11-8-9-12-26(24)37-5-2/h8-9,11-16,18-19,30H,4-7,10,17,34H2,1-3H3. The number of carbonyl (C=O) groups excluding carboxylic acids is 1. The minimum atomic E-state index is -0.562. The molecule has 1 unspecified atom stereocenters. The summed E-state index contributed by atoms with van der Waals surface area (Å²) < 4.78 is 28.6. The van der Waals surface area contributed by atoms with Crippen LogP contribution in [0.15, 0.2) is 72.1 Å². The highest BCUT2D eigenvalue weighted by molar-refractivity contribution is 5.94. The molecule has 4 rings (SSSR count). The molecule has 0 bridgehead atoms. The van der Waals surface area contributed by atoms with E-state index in [2.05, 4.69) is 13.0 Å². The van der Waals surface area contributed by atoms with Gasteiger partial charge in [-0.2, -0.15) is 5.26 Å². The molecule has 1 aliphatic heterocycles. The van der Waals surface area contributed by atoms with Crippen molar-refractivity contribution in [1.29, 1.82) is 5.26 Å². The molecule has 0 aliphatic carbocycles. The quantitative estimate of drug-likeness (QED) is 0.157. The molecule has 0 saturated carbocycles. The lowest BCUT2D eigenvalue weighted by Gasteiger charge is -2.27. The number of methoxy groups -OCH3 is 1. The Hall–Kier alpha value is -4.64. The number of hydrogen-bond donors (Lipinski definition) is 1. The van der Waals surface area contributed by atoms with E-state index in [-0.39, 0.29) is 17.2 Å². The molecule has 0 fully saturated rings. The fourth-order valence-corrected chi connectivity index (χ4v) is 4.61. The van der Waals surface area contributed by atoms with Gasteiger partial charge in [-0.05, 0) is 49.2 Å². The van der Waals surface area contributed by atoms with E-state index in [9.17, 15) is 10.1 Å². The summed E-state index contributed by atoms with van der Waals surface area (Å²) >= 11 is 0. The highest BCUT2D eigenvalue weighted by Gasteiger charge is 2.32. The van der Waals surface area contributed by atoms with Gasteiger partial charge in [0.15, 0.2) is 11.5 Å². The number of nitriles is 1. The second-order valence-electron chi connectivity index (χ2n) is 9.26. The number of esters is 1. The van der Waals surface area contributed by atoms with Gasteiger partial charge < -0.3 is 29.4 Å². The van der Waals surface area contributed by atoms with Crippen molar-refractivity contribution in [3.8, 4) is 34.8 Å². The summed E-state index contributed by atoms with van der Waals surface area (Å²) in [5.41, 5.74) is 8.27. The smallest absolute Gasteiger partial charge is 0.347 e. The molecule has 208 valence electrons. The third-order valence-corrected chi connectivity index (χ3v) is 6.58. The first kappa shape index (κ1) is 28.4. The SMILES string of the molecule is CCCCCCOc1ccc(C2C(C#N)=C(N)Oc3cc(OC(=O)c4ccccc4OCC)ccc32)cc1OC. The van der Waals surface area contributed by atoms with Crippen LogP contribution in [0.2, 0.25) is 0 Å². The summed E-state index contributed by atoms with van der Waals surface area (Å²) in [6, 6.07) is 19.7. The van der Waals surface area contributed by atoms with Crippen molar-refractivity contribution in [1.82, 2.24) is 0 Å². The minimum absolute atomic E-state index is 0.0135. The molecule has 0 amide bonds. The van der Waals surface area contributed by atoms with Crippen LogP contribution in [0.25, 0.3) is 0 Å². The average Bonchev–Trinajstić information content (AvgIpc) is 2.96. The normalized spacial score (nSPS) is 14.0. The second-order valence-corrected chi connectivity index (χ2v) is 9.26. The first-order valence-electron chi connectivity index (χ1n) is 13.5. The third-order valence-electron chi connectivity index (χ3n) is 6.58. The summed E-state index contributed by atoms with van der Waals surface area (Å²) in [7, 11) is 1.58. The number of carbonyl (C=O) groups is 1. The Bertz CT molecular complexity index is 1430. The molecule has 8 heteroatoms. The van der Waals surface area contributed by atoms with Gasteiger partial charge in [0.1, 0.15) is 34.5 Å². The first-order valence-corrected chi connectivity index (χ1v) is 13.5. The highest BCUT2D eigenvalue weighted by atomic mass is 16.5. The van der Waals surface area contributed by atoms with Crippen LogP contribution in [0.4, 0.5) is 0 Å². The maximum atomic E-state index is 12.9. The molecule has 0 radical (unpaired) electrons. The van der Waals surface area contributed by atoms with Gasteiger partial charge in [0, 0.05) is 11.6 Å². The van der Waals surface area contributed by atoms with Crippen LogP contribution in [-0.2, 0) is 0 Å². The summed E-state index contributed by atoms with van der Waals surface area (Å²) in [4.78, 5) is 12.9. The predicted octanol–water partition coefficient (Wildman–Crippen LogP) is 6.49. The molecule has 8 nitrogen and oxygen atoms in total. The summed E-state index contributed by atoms with van der Waals surface area (Å²) in [6.07, 6.45) is 4.42. The van der Waals surface area contributed by atoms with E-state index in [1.807, 2.05) is 25.1 Å². The Morgan fingerprint density at radius 2 is 1.80 bits per heavy atom. The monoisotopic (exact) mass is 542 g/mol. The zero-order valence-corrected chi connectivity index (χ0v) is 23.1. The predicted molar refractivity (Wildman–Crippen MR) is 151 cm³/mol. The van der Waals surface area contributed by atoms with Crippen LogP contribution < -0.4 is 29.4 Å². The van der Waals surface area contributed by atoms with Gasteiger partial charge in [0.25, 0.3) is 0 Å². The summed E-state index contributed by atoms with van der Waals surface area (Å²) in [6.45, 7) is 5.03. The largest absolute Gasteiger partial charge is 0.493 e. The van der Waals surface area contributed by atoms with Crippen LogP contribution in [0, 0.1) is 11.3 Å². The number of nitrogens with zero attached hydrogens (tertiary/aromatic N) is 1. The first-order chi connectivity index (χ1) is 19.5. The number of fused-ring (bicyclic) bond motifs is 1. The number of hydrogen-bond acceptors (Lipinski definition) is 8. The molecule has 1 aliphatic rings. The van der Waals surface area contributed by atoms with Crippen LogP contribution in [0.5, 0.6) is 28.7 Å². The number of ether oxygens (including phenoxy) is 5. The lowest BCUT2D eigenvalue weighted by molar-refractivity contribution is 0.0730. The molecular formula is C32H34N2O6. The zero-order chi connectivity index (χ0) is 28.5. The lowest BCUT2D eigenvalue weighted by atomic mass is 9.83. The number of para-hydroxylation sites is 1.